The average Bonchev–Trinajstić information content (AvgIpc) is 3.28. The molecule has 0 spiro atoms. The van der Waals surface area contributed by atoms with Crippen molar-refractivity contribution < 1.29 is 38.9 Å². The van der Waals surface area contributed by atoms with Crippen molar-refractivity contribution >= 4 is 46.3 Å². The van der Waals surface area contributed by atoms with Crippen molar-refractivity contribution in [2.75, 3.05) is 23.9 Å². The summed E-state index contributed by atoms with van der Waals surface area (Å²) in [5, 5.41) is 24.7. The second-order valence-corrected chi connectivity index (χ2v) is 14.2. The molecule has 1 atom stereocenters. The predicted molar refractivity (Wildman–Crippen MR) is 178 cm³/mol. The number of aromatic hydroxyl groups is 1. The van der Waals surface area contributed by atoms with Gasteiger partial charge in [0.2, 0.25) is 5.91 Å². The largest absolute Gasteiger partial charge is 0.508 e. The molecule has 11 nitrogen and oxygen atoms in total. The van der Waals surface area contributed by atoms with E-state index in [-0.39, 0.29) is 45.7 Å². The van der Waals surface area contributed by atoms with Crippen molar-refractivity contribution in [1.82, 2.24) is 5.32 Å². The van der Waals surface area contributed by atoms with Crippen LogP contribution in [0.15, 0.2) is 54.6 Å². The molecule has 1 fully saturated rings. The molecule has 1 heterocycles. The van der Waals surface area contributed by atoms with Crippen LogP contribution in [0.1, 0.15) is 58.2 Å². The molecule has 4 rings (SSSR count). The fraction of sp³-hybridized carbons (Fsp3) is 0.353. The molecule has 0 saturated carbocycles. The number of anilines is 2. The topological polar surface area (TPSA) is 155 Å². The molecule has 46 heavy (non-hydrogen) atoms. The number of hydrogen-bond acceptors (Lipinski definition) is 8. The molecule has 1 aliphatic rings. The number of carboxylic acid groups (broad SMARTS) is 1. The maximum absolute atomic E-state index is 12.9. The van der Waals surface area contributed by atoms with Gasteiger partial charge >= 0.3 is 6.09 Å². The Morgan fingerprint density at radius 3 is 2.13 bits per heavy atom. The first-order chi connectivity index (χ1) is 21.4. The van der Waals surface area contributed by atoms with Gasteiger partial charge in [-0.15, -0.1) is 0 Å². The van der Waals surface area contributed by atoms with E-state index in [4.69, 9.17) is 9.47 Å². The van der Waals surface area contributed by atoms with Crippen molar-refractivity contribution in [2.24, 2.45) is 0 Å². The smallest absolute Gasteiger partial charge is 0.411 e. The lowest BCUT2D eigenvalue weighted by Crippen LogP contribution is -2.27. The number of ether oxygens (including phenoxy) is 2. The summed E-state index contributed by atoms with van der Waals surface area (Å²) in [4.78, 5) is 49.0. The number of nitrogens with one attached hydrogen (secondary N) is 2. The number of rotatable bonds is 9. The lowest BCUT2D eigenvalue weighted by molar-refractivity contribution is -0.119. The average molecular weight is 650 g/mol. The third-order valence-electron chi connectivity index (χ3n) is 7.31. The Kier molecular flexibility index (Phi) is 9.91. The van der Waals surface area contributed by atoms with Gasteiger partial charge in [0.1, 0.15) is 23.0 Å². The van der Waals surface area contributed by atoms with Crippen molar-refractivity contribution in [3.05, 3.63) is 71.3 Å². The van der Waals surface area contributed by atoms with E-state index in [1.165, 1.54) is 13.1 Å². The summed E-state index contributed by atoms with van der Waals surface area (Å²) >= 11 is 0.956. The molecule has 0 aliphatic carbocycles. The van der Waals surface area contributed by atoms with Crippen molar-refractivity contribution in [3.63, 3.8) is 0 Å². The maximum atomic E-state index is 12.9. The Morgan fingerprint density at radius 1 is 0.935 bits per heavy atom. The van der Waals surface area contributed by atoms with E-state index < -0.39 is 17.3 Å². The van der Waals surface area contributed by atoms with Crippen molar-refractivity contribution in [1.29, 1.82) is 0 Å². The Labute approximate surface area is 272 Å². The highest BCUT2D eigenvalue weighted by Gasteiger charge is 2.31. The Hall–Kier alpha value is -4.71. The van der Waals surface area contributed by atoms with Gasteiger partial charge in [-0.2, -0.15) is 0 Å². The van der Waals surface area contributed by atoms with Crippen LogP contribution in [0, 0.1) is 0 Å². The SMILES string of the molecule is CN(C(=O)O)c1cc(Oc2cc(C(C)(C)C)c(O)cc2C(C)(C)C)ccc1NC(=O)COc1ccc(CC2SC(=O)NC2=O)cc1. The van der Waals surface area contributed by atoms with Crippen LogP contribution in [0.3, 0.4) is 0 Å². The van der Waals surface area contributed by atoms with E-state index in [9.17, 15) is 29.4 Å². The molecule has 1 unspecified atom stereocenters. The lowest BCUT2D eigenvalue weighted by atomic mass is 9.81. The fourth-order valence-corrected chi connectivity index (χ4v) is 5.69. The highest BCUT2D eigenvalue weighted by Crippen LogP contribution is 2.43. The highest BCUT2D eigenvalue weighted by molar-refractivity contribution is 8.15. The number of carbonyl (C=O) groups is 4. The number of benzene rings is 3. The zero-order chi connectivity index (χ0) is 34.0. The molecule has 4 N–H and O–H groups in total. The normalized spacial score (nSPS) is 14.9. The summed E-state index contributed by atoms with van der Waals surface area (Å²) in [7, 11) is 1.36. The molecule has 1 saturated heterocycles. The van der Waals surface area contributed by atoms with E-state index in [0.717, 1.165) is 27.8 Å². The van der Waals surface area contributed by atoms with Crippen LogP contribution in [-0.2, 0) is 26.8 Å². The van der Waals surface area contributed by atoms with Crippen LogP contribution < -0.4 is 25.0 Å². The van der Waals surface area contributed by atoms with Gasteiger partial charge in [-0.05, 0) is 59.2 Å². The molecule has 3 aromatic rings. The molecule has 12 heteroatoms. The second-order valence-electron chi connectivity index (χ2n) is 13.1. The quantitative estimate of drug-likeness (QED) is 0.196. The van der Waals surface area contributed by atoms with E-state index >= 15 is 0 Å². The Morgan fingerprint density at radius 2 is 1.57 bits per heavy atom. The first kappa shape index (κ1) is 34.2. The van der Waals surface area contributed by atoms with Crippen LogP contribution >= 0.6 is 11.8 Å². The van der Waals surface area contributed by atoms with Gasteiger partial charge in [0.25, 0.3) is 11.1 Å². The fourth-order valence-electron chi connectivity index (χ4n) is 4.83. The molecule has 3 aromatic carbocycles. The van der Waals surface area contributed by atoms with Gasteiger partial charge in [0.15, 0.2) is 6.61 Å². The number of phenolic OH excluding ortho intramolecular Hbond substituents is 1. The van der Waals surface area contributed by atoms with Crippen LogP contribution in [0.2, 0.25) is 0 Å². The van der Waals surface area contributed by atoms with E-state index in [2.05, 4.69) is 10.6 Å². The molecule has 244 valence electrons. The van der Waals surface area contributed by atoms with Crippen LogP contribution in [0.25, 0.3) is 0 Å². The molecule has 0 radical (unpaired) electrons. The van der Waals surface area contributed by atoms with Gasteiger partial charge in [-0.3, -0.25) is 24.6 Å². The van der Waals surface area contributed by atoms with Crippen molar-refractivity contribution in [3.8, 4) is 23.0 Å². The molecule has 0 bridgehead atoms. The predicted octanol–water partition coefficient (Wildman–Crippen LogP) is 6.81. The summed E-state index contributed by atoms with van der Waals surface area (Å²) in [6.07, 6.45) is -0.859. The minimum Gasteiger partial charge on any atom is -0.508 e. The second kappa shape index (κ2) is 13.3. The van der Waals surface area contributed by atoms with Crippen LogP contribution in [0.4, 0.5) is 21.0 Å². The molecule has 1 aliphatic heterocycles. The maximum Gasteiger partial charge on any atom is 0.411 e. The standard InChI is InChI=1S/C34H39N3O8S/c1-33(2,3)22-17-27(23(16-26(22)38)34(4,5)6)45-21-12-13-24(25(15-21)37(7)32(42)43)35-29(39)18-44-20-10-8-19(9-11-20)14-28-30(40)36-31(41)46-28/h8-13,15-17,28,38H,14,18H2,1-7H3,(H,35,39)(H,42,43)(H,36,40,41). The number of nitrogens with zero attached hydrogens (tertiary/aromatic N) is 1. The van der Waals surface area contributed by atoms with Crippen LogP contribution in [-0.4, -0.2) is 52.3 Å². The monoisotopic (exact) mass is 649 g/mol. The summed E-state index contributed by atoms with van der Waals surface area (Å²) < 4.78 is 11.9. The minimum absolute atomic E-state index is 0.169. The number of amides is 4. The Balaban J connectivity index is 1.50. The summed E-state index contributed by atoms with van der Waals surface area (Å²) in [6, 6.07) is 15.1. The van der Waals surface area contributed by atoms with Gasteiger partial charge in [0, 0.05) is 24.2 Å². The first-order valence-electron chi connectivity index (χ1n) is 14.6. The van der Waals surface area contributed by atoms with Gasteiger partial charge in [-0.25, -0.2) is 4.79 Å². The molecule has 4 amide bonds. The van der Waals surface area contributed by atoms with E-state index in [1.54, 1.807) is 48.5 Å². The number of phenols is 1. The minimum atomic E-state index is -1.24. The number of hydrogen-bond donors (Lipinski definition) is 4. The van der Waals surface area contributed by atoms with Crippen LogP contribution in [0.5, 0.6) is 23.0 Å². The third-order valence-corrected chi connectivity index (χ3v) is 8.30. The summed E-state index contributed by atoms with van der Waals surface area (Å²) in [5.41, 5.74) is 1.99. The first-order valence-corrected chi connectivity index (χ1v) is 15.5. The van der Waals surface area contributed by atoms with Crippen molar-refractivity contribution in [2.45, 2.75) is 64.0 Å². The number of carbonyl (C=O) groups excluding carboxylic acids is 3. The van der Waals surface area contributed by atoms with Gasteiger partial charge in [-0.1, -0.05) is 65.4 Å². The van der Waals surface area contributed by atoms with E-state index in [0.29, 0.717) is 29.2 Å². The van der Waals surface area contributed by atoms with E-state index in [1.807, 2.05) is 41.5 Å². The molecule has 0 aromatic heterocycles. The third kappa shape index (κ3) is 8.30. The summed E-state index contributed by atoms with van der Waals surface area (Å²) in [6.45, 7) is 11.6. The summed E-state index contributed by atoms with van der Waals surface area (Å²) in [5.74, 6) is 0.619. The number of thioether (sulfide) groups is 1. The zero-order valence-corrected chi connectivity index (χ0v) is 27.7. The highest BCUT2D eigenvalue weighted by atomic mass is 32.2. The Bertz CT molecular complexity index is 1660. The van der Waals surface area contributed by atoms with Gasteiger partial charge in [0.05, 0.1) is 16.6 Å². The zero-order valence-electron chi connectivity index (χ0n) is 26.9. The van der Waals surface area contributed by atoms with Gasteiger partial charge < -0.3 is 25.0 Å². The molecular weight excluding hydrogens is 610 g/mol. The lowest BCUT2D eigenvalue weighted by Gasteiger charge is -2.28. The number of imide groups is 1. The molecular formula is C34H39N3O8S.